The largest absolute Gasteiger partial charge is 0.507 e. The van der Waals surface area contributed by atoms with Crippen molar-refractivity contribution in [2.45, 2.75) is 0 Å². The van der Waals surface area contributed by atoms with Crippen LogP contribution in [0.2, 0.25) is 0 Å². The maximum absolute atomic E-state index is 13.5. The Labute approximate surface area is 120 Å². The molecule has 7 heteroatoms. The molecule has 104 valence electrons. The van der Waals surface area contributed by atoms with E-state index >= 15 is 0 Å². The van der Waals surface area contributed by atoms with E-state index in [4.69, 9.17) is 0 Å². The van der Waals surface area contributed by atoms with Crippen LogP contribution in [0.15, 0.2) is 34.8 Å². The van der Waals surface area contributed by atoms with Crippen molar-refractivity contribution in [3.05, 3.63) is 57.8 Å². The predicted molar refractivity (Wildman–Crippen MR) is 70.1 cm³/mol. The molecule has 0 atom stereocenters. The van der Waals surface area contributed by atoms with E-state index in [1.54, 1.807) is 0 Å². The second kappa shape index (κ2) is 5.54. The molecular weight excluding hydrogens is 339 g/mol. The first-order chi connectivity index (χ1) is 9.38. The van der Waals surface area contributed by atoms with Gasteiger partial charge in [-0.25, -0.2) is 13.2 Å². The molecule has 0 saturated carbocycles. The lowest BCUT2D eigenvalue weighted by Crippen LogP contribution is -2.13. The van der Waals surface area contributed by atoms with Crippen LogP contribution in [0.4, 0.5) is 18.9 Å². The highest BCUT2D eigenvalue weighted by Gasteiger charge is 2.16. The van der Waals surface area contributed by atoms with Crippen LogP contribution in [-0.2, 0) is 0 Å². The Morgan fingerprint density at radius 2 is 1.80 bits per heavy atom. The molecule has 0 saturated heterocycles. The molecule has 2 N–H and O–H groups in total. The maximum Gasteiger partial charge on any atom is 0.259 e. The first-order valence-corrected chi connectivity index (χ1v) is 6.12. The van der Waals surface area contributed by atoms with Gasteiger partial charge in [0.25, 0.3) is 5.91 Å². The molecule has 1 amide bonds. The average molecular weight is 346 g/mol. The Kier molecular flexibility index (Phi) is 3.99. The lowest BCUT2D eigenvalue weighted by Gasteiger charge is -2.08. The van der Waals surface area contributed by atoms with E-state index in [9.17, 15) is 23.1 Å². The first-order valence-electron chi connectivity index (χ1n) is 5.33. The van der Waals surface area contributed by atoms with Gasteiger partial charge in [0.1, 0.15) is 23.2 Å². The molecule has 2 rings (SSSR count). The Morgan fingerprint density at radius 3 is 2.50 bits per heavy atom. The van der Waals surface area contributed by atoms with Gasteiger partial charge >= 0.3 is 0 Å². The van der Waals surface area contributed by atoms with Gasteiger partial charge in [0, 0.05) is 6.07 Å². The minimum absolute atomic E-state index is 0.0957. The molecule has 0 bridgehead atoms. The van der Waals surface area contributed by atoms with E-state index in [1.165, 1.54) is 0 Å². The van der Waals surface area contributed by atoms with Gasteiger partial charge in [-0.15, -0.1) is 0 Å². The summed E-state index contributed by atoms with van der Waals surface area (Å²) in [5.74, 6) is -3.81. The maximum atomic E-state index is 13.5. The van der Waals surface area contributed by atoms with Crippen molar-refractivity contribution in [3.8, 4) is 5.75 Å². The lowest BCUT2D eigenvalue weighted by molar-refractivity contribution is 0.102. The summed E-state index contributed by atoms with van der Waals surface area (Å²) in [6, 6.07) is 4.36. The molecule has 0 aromatic heterocycles. The Balaban J connectivity index is 2.32. The van der Waals surface area contributed by atoms with E-state index in [0.717, 1.165) is 30.3 Å². The topological polar surface area (TPSA) is 49.3 Å². The average Bonchev–Trinajstić information content (AvgIpc) is 2.38. The first kappa shape index (κ1) is 14.4. The fourth-order valence-electron chi connectivity index (χ4n) is 1.50. The number of aromatic hydroxyl groups is 1. The Bertz CT molecular complexity index is 692. The quantitative estimate of drug-likeness (QED) is 0.813. The van der Waals surface area contributed by atoms with Crippen molar-refractivity contribution in [1.29, 1.82) is 0 Å². The molecule has 0 fully saturated rings. The summed E-state index contributed by atoms with van der Waals surface area (Å²) in [6.45, 7) is 0. The summed E-state index contributed by atoms with van der Waals surface area (Å²) in [5, 5.41) is 11.5. The van der Waals surface area contributed by atoms with Crippen LogP contribution in [0, 0.1) is 17.5 Å². The normalized spacial score (nSPS) is 10.4. The van der Waals surface area contributed by atoms with Crippen molar-refractivity contribution in [3.63, 3.8) is 0 Å². The summed E-state index contributed by atoms with van der Waals surface area (Å²) in [5.41, 5.74) is -0.799. The molecule has 2 aromatic rings. The molecule has 0 unspecified atom stereocenters. The molecule has 3 nitrogen and oxygen atoms in total. The third kappa shape index (κ3) is 2.93. The monoisotopic (exact) mass is 345 g/mol. The minimum atomic E-state index is -0.956. The van der Waals surface area contributed by atoms with Crippen molar-refractivity contribution in [1.82, 2.24) is 0 Å². The van der Waals surface area contributed by atoms with Gasteiger partial charge < -0.3 is 10.4 Å². The van der Waals surface area contributed by atoms with Crippen LogP contribution >= 0.6 is 15.9 Å². The van der Waals surface area contributed by atoms with Crippen LogP contribution < -0.4 is 5.32 Å². The number of phenols is 1. The van der Waals surface area contributed by atoms with Crippen molar-refractivity contribution in [2.75, 3.05) is 5.32 Å². The number of amides is 1. The number of rotatable bonds is 2. The number of anilines is 1. The standard InChI is InChI=1S/C13H7BrF3NO2/c14-8-4-10(17)11(5-9(8)16)18-13(20)7-3-6(15)1-2-12(7)19/h1-5,19H,(H,18,20). The van der Waals surface area contributed by atoms with Crippen LogP contribution in [-0.4, -0.2) is 11.0 Å². The third-order valence-electron chi connectivity index (χ3n) is 2.46. The number of benzene rings is 2. The highest BCUT2D eigenvalue weighted by molar-refractivity contribution is 9.10. The number of hydrogen-bond donors (Lipinski definition) is 2. The third-order valence-corrected chi connectivity index (χ3v) is 3.07. The van der Waals surface area contributed by atoms with Gasteiger partial charge in [-0.05, 0) is 40.2 Å². The molecule has 0 spiro atoms. The fraction of sp³-hybridized carbons (Fsp3) is 0. The number of halogens is 4. The van der Waals surface area contributed by atoms with Crippen molar-refractivity contribution >= 4 is 27.5 Å². The number of carbonyl (C=O) groups excluding carboxylic acids is 1. The number of nitrogens with one attached hydrogen (secondary N) is 1. The van der Waals surface area contributed by atoms with Crippen molar-refractivity contribution in [2.24, 2.45) is 0 Å². The zero-order valence-corrected chi connectivity index (χ0v) is 11.3. The summed E-state index contributed by atoms with van der Waals surface area (Å²) >= 11 is 2.80. The summed E-state index contributed by atoms with van der Waals surface area (Å²) in [4.78, 5) is 11.8. The molecule has 0 aliphatic rings. The zero-order chi connectivity index (χ0) is 14.9. The molecule has 0 aliphatic carbocycles. The predicted octanol–water partition coefficient (Wildman–Crippen LogP) is 3.82. The number of carbonyl (C=O) groups is 1. The van der Waals surface area contributed by atoms with Gasteiger partial charge in [0.15, 0.2) is 0 Å². The SMILES string of the molecule is O=C(Nc1cc(F)c(Br)cc1F)c1cc(F)ccc1O. The fourth-order valence-corrected chi connectivity index (χ4v) is 1.81. The van der Waals surface area contributed by atoms with E-state index < -0.39 is 34.8 Å². The van der Waals surface area contributed by atoms with Crippen molar-refractivity contribution < 1.29 is 23.1 Å². The summed E-state index contributed by atoms with van der Waals surface area (Å²) in [6.07, 6.45) is 0. The summed E-state index contributed by atoms with van der Waals surface area (Å²) in [7, 11) is 0. The Morgan fingerprint density at radius 1 is 1.10 bits per heavy atom. The van der Waals surface area contributed by atoms with Crippen LogP contribution in [0.25, 0.3) is 0 Å². The second-order valence-electron chi connectivity index (χ2n) is 3.86. The van der Waals surface area contributed by atoms with E-state index in [1.807, 2.05) is 0 Å². The van der Waals surface area contributed by atoms with E-state index in [2.05, 4.69) is 21.2 Å². The van der Waals surface area contributed by atoms with Gasteiger partial charge in [-0.2, -0.15) is 0 Å². The molecule has 0 radical (unpaired) electrons. The lowest BCUT2D eigenvalue weighted by atomic mass is 10.1. The second-order valence-corrected chi connectivity index (χ2v) is 4.72. The summed E-state index contributed by atoms with van der Waals surface area (Å²) < 4.78 is 39.7. The van der Waals surface area contributed by atoms with E-state index in [0.29, 0.717) is 0 Å². The number of phenolic OH excluding ortho intramolecular Hbond substituents is 1. The molecule has 2 aromatic carbocycles. The minimum Gasteiger partial charge on any atom is -0.507 e. The molecule has 0 aliphatic heterocycles. The van der Waals surface area contributed by atoms with Gasteiger partial charge in [-0.1, -0.05) is 0 Å². The highest BCUT2D eigenvalue weighted by atomic mass is 79.9. The highest BCUT2D eigenvalue weighted by Crippen LogP contribution is 2.25. The van der Waals surface area contributed by atoms with Gasteiger partial charge in [0.05, 0.1) is 15.7 Å². The Hall–Kier alpha value is -2.02. The molecule has 20 heavy (non-hydrogen) atoms. The van der Waals surface area contributed by atoms with Crippen LogP contribution in [0.5, 0.6) is 5.75 Å². The van der Waals surface area contributed by atoms with Gasteiger partial charge in [-0.3, -0.25) is 4.79 Å². The van der Waals surface area contributed by atoms with Crippen LogP contribution in [0.3, 0.4) is 0 Å². The smallest absolute Gasteiger partial charge is 0.259 e. The van der Waals surface area contributed by atoms with Crippen LogP contribution in [0.1, 0.15) is 10.4 Å². The van der Waals surface area contributed by atoms with Gasteiger partial charge in [0.2, 0.25) is 0 Å². The molecular formula is C13H7BrF3NO2. The zero-order valence-electron chi connectivity index (χ0n) is 9.75. The number of hydrogen-bond acceptors (Lipinski definition) is 2. The van der Waals surface area contributed by atoms with E-state index in [-0.39, 0.29) is 10.0 Å². The molecule has 0 heterocycles.